The Hall–Kier alpha value is -2.37. The van der Waals surface area contributed by atoms with Gasteiger partial charge < -0.3 is 10.2 Å². The van der Waals surface area contributed by atoms with Crippen LogP contribution in [0.15, 0.2) is 54.6 Å². The van der Waals surface area contributed by atoms with E-state index in [1.54, 1.807) is 4.90 Å². The lowest BCUT2D eigenvalue weighted by Crippen LogP contribution is -2.49. The van der Waals surface area contributed by atoms with Gasteiger partial charge in [0.15, 0.2) is 0 Å². The van der Waals surface area contributed by atoms with Crippen molar-refractivity contribution in [3.8, 4) is 0 Å². The molecule has 5 nitrogen and oxygen atoms in total. The number of carbonyl (C=O) groups is 2. The molecule has 148 valence electrons. The smallest absolute Gasteiger partial charge is 0.232 e. The second-order valence-electron chi connectivity index (χ2n) is 7.05. The van der Waals surface area contributed by atoms with Gasteiger partial charge in [0.05, 0.1) is 0 Å². The van der Waals surface area contributed by atoms with Crippen molar-refractivity contribution in [2.75, 3.05) is 32.7 Å². The van der Waals surface area contributed by atoms with Crippen LogP contribution in [-0.2, 0) is 22.6 Å². The van der Waals surface area contributed by atoms with Crippen molar-refractivity contribution in [2.24, 2.45) is 0 Å². The Morgan fingerprint density at radius 2 is 1.57 bits per heavy atom. The average molecular weight is 400 g/mol. The maximum Gasteiger partial charge on any atom is 0.232 e. The molecule has 6 heteroatoms. The molecule has 0 radical (unpaired) electrons. The number of hydrogen-bond acceptors (Lipinski definition) is 3. The van der Waals surface area contributed by atoms with Crippen LogP contribution in [-0.4, -0.2) is 54.3 Å². The van der Waals surface area contributed by atoms with Gasteiger partial charge in [-0.25, -0.2) is 0 Å². The SMILES string of the molecule is O=C(CC(=O)N1CCN(Cc2ccccc2)CC1)NCCc1ccc(Cl)cc1. The summed E-state index contributed by atoms with van der Waals surface area (Å²) in [6, 6.07) is 17.9. The zero-order valence-corrected chi connectivity index (χ0v) is 16.7. The van der Waals surface area contributed by atoms with Crippen molar-refractivity contribution in [1.29, 1.82) is 0 Å². The number of piperazine rings is 1. The fourth-order valence-electron chi connectivity index (χ4n) is 3.31. The van der Waals surface area contributed by atoms with E-state index in [9.17, 15) is 9.59 Å². The Morgan fingerprint density at radius 3 is 2.25 bits per heavy atom. The van der Waals surface area contributed by atoms with Crippen LogP contribution in [0.3, 0.4) is 0 Å². The molecule has 28 heavy (non-hydrogen) atoms. The summed E-state index contributed by atoms with van der Waals surface area (Å²) in [6.07, 6.45) is 0.633. The Balaban J connectivity index is 1.34. The molecule has 0 aromatic heterocycles. The van der Waals surface area contributed by atoms with Gasteiger partial charge in [0.25, 0.3) is 0 Å². The molecule has 0 bridgehead atoms. The van der Waals surface area contributed by atoms with Crippen LogP contribution >= 0.6 is 11.6 Å². The van der Waals surface area contributed by atoms with E-state index >= 15 is 0 Å². The van der Waals surface area contributed by atoms with Crippen LogP contribution in [0.2, 0.25) is 5.02 Å². The molecule has 2 aromatic rings. The van der Waals surface area contributed by atoms with Crippen molar-refractivity contribution in [3.63, 3.8) is 0 Å². The predicted octanol–water partition coefficient (Wildman–Crippen LogP) is 2.73. The van der Waals surface area contributed by atoms with Crippen molar-refractivity contribution in [1.82, 2.24) is 15.1 Å². The lowest BCUT2D eigenvalue weighted by Gasteiger charge is -2.34. The van der Waals surface area contributed by atoms with Gasteiger partial charge in [-0.2, -0.15) is 0 Å². The normalized spacial score (nSPS) is 14.7. The minimum atomic E-state index is -0.217. The lowest BCUT2D eigenvalue weighted by molar-refractivity contribution is -0.137. The first-order valence-electron chi connectivity index (χ1n) is 9.65. The summed E-state index contributed by atoms with van der Waals surface area (Å²) >= 11 is 5.86. The second kappa shape index (κ2) is 10.2. The van der Waals surface area contributed by atoms with E-state index in [4.69, 9.17) is 11.6 Å². The summed E-state index contributed by atoms with van der Waals surface area (Å²) in [5.74, 6) is -0.311. The topological polar surface area (TPSA) is 52.7 Å². The van der Waals surface area contributed by atoms with Crippen molar-refractivity contribution < 1.29 is 9.59 Å². The zero-order valence-electron chi connectivity index (χ0n) is 15.9. The maximum absolute atomic E-state index is 12.4. The summed E-state index contributed by atoms with van der Waals surface area (Å²) in [7, 11) is 0. The van der Waals surface area contributed by atoms with Crippen molar-refractivity contribution >= 4 is 23.4 Å². The monoisotopic (exact) mass is 399 g/mol. The molecule has 1 heterocycles. The van der Waals surface area contributed by atoms with Gasteiger partial charge in [-0.1, -0.05) is 54.1 Å². The van der Waals surface area contributed by atoms with Crippen LogP contribution in [0.25, 0.3) is 0 Å². The summed E-state index contributed by atoms with van der Waals surface area (Å²) in [4.78, 5) is 28.6. The van der Waals surface area contributed by atoms with E-state index in [0.717, 1.165) is 31.6 Å². The minimum absolute atomic E-state index is 0.0840. The molecule has 1 aliphatic rings. The van der Waals surface area contributed by atoms with Gasteiger partial charge in [0.2, 0.25) is 11.8 Å². The summed E-state index contributed by atoms with van der Waals surface area (Å²) in [5.41, 5.74) is 2.38. The Morgan fingerprint density at radius 1 is 0.893 bits per heavy atom. The number of rotatable bonds is 7. The quantitative estimate of drug-likeness (QED) is 0.728. The van der Waals surface area contributed by atoms with Crippen LogP contribution < -0.4 is 5.32 Å². The Bertz CT molecular complexity index is 772. The third kappa shape index (κ3) is 6.36. The molecule has 2 amide bonds. The van der Waals surface area contributed by atoms with Gasteiger partial charge in [-0.15, -0.1) is 0 Å². The first-order chi connectivity index (χ1) is 13.6. The lowest BCUT2D eigenvalue weighted by atomic mass is 10.1. The maximum atomic E-state index is 12.4. The number of amides is 2. The molecule has 0 saturated carbocycles. The highest BCUT2D eigenvalue weighted by molar-refractivity contribution is 6.30. The van der Waals surface area contributed by atoms with Crippen LogP contribution in [0.5, 0.6) is 0 Å². The van der Waals surface area contributed by atoms with Crippen molar-refractivity contribution in [3.05, 3.63) is 70.7 Å². The van der Waals surface area contributed by atoms with Gasteiger partial charge in [0.1, 0.15) is 6.42 Å². The second-order valence-corrected chi connectivity index (χ2v) is 7.48. The first kappa shape index (κ1) is 20.4. The third-order valence-corrected chi connectivity index (χ3v) is 5.19. The van der Waals surface area contributed by atoms with E-state index < -0.39 is 0 Å². The summed E-state index contributed by atoms with van der Waals surface area (Å²) < 4.78 is 0. The standard InChI is InChI=1S/C22H26ClN3O2/c23-20-8-6-18(7-9-20)10-11-24-21(27)16-22(28)26-14-12-25(13-15-26)17-19-4-2-1-3-5-19/h1-9H,10-17H2,(H,24,27). The minimum Gasteiger partial charge on any atom is -0.355 e. The molecule has 1 N–H and O–H groups in total. The zero-order chi connectivity index (χ0) is 19.8. The number of hydrogen-bond donors (Lipinski definition) is 1. The number of benzene rings is 2. The van der Waals surface area contributed by atoms with Crippen LogP contribution in [0, 0.1) is 0 Å². The molecular formula is C22H26ClN3O2. The van der Waals surface area contributed by atoms with Gasteiger partial charge >= 0.3 is 0 Å². The number of nitrogens with zero attached hydrogens (tertiary/aromatic N) is 2. The Labute approximate surface area is 171 Å². The third-order valence-electron chi connectivity index (χ3n) is 4.93. The first-order valence-corrected chi connectivity index (χ1v) is 10.0. The number of carbonyl (C=O) groups excluding carboxylic acids is 2. The molecular weight excluding hydrogens is 374 g/mol. The molecule has 0 spiro atoms. The van der Waals surface area contributed by atoms with Gasteiger partial charge in [0, 0.05) is 44.3 Å². The van der Waals surface area contributed by atoms with E-state index in [1.807, 2.05) is 42.5 Å². The highest BCUT2D eigenvalue weighted by Crippen LogP contribution is 2.10. The molecule has 1 aliphatic heterocycles. The van der Waals surface area contributed by atoms with E-state index in [2.05, 4.69) is 22.3 Å². The van der Waals surface area contributed by atoms with Gasteiger partial charge in [-0.05, 0) is 29.7 Å². The molecule has 1 saturated heterocycles. The fourth-order valence-corrected chi connectivity index (χ4v) is 3.43. The van der Waals surface area contributed by atoms with E-state index in [-0.39, 0.29) is 18.2 Å². The highest BCUT2D eigenvalue weighted by Gasteiger charge is 2.22. The fraction of sp³-hybridized carbons (Fsp3) is 0.364. The molecule has 0 unspecified atom stereocenters. The highest BCUT2D eigenvalue weighted by atomic mass is 35.5. The molecule has 1 fully saturated rings. The summed E-state index contributed by atoms with van der Waals surface area (Å²) in [5, 5.41) is 3.52. The van der Waals surface area contributed by atoms with E-state index in [0.29, 0.717) is 24.7 Å². The van der Waals surface area contributed by atoms with Crippen LogP contribution in [0.1, 0.15) is 17.5 Å². The molecule has 3 rings (SSSR count). The Kier molecular flexibility index (Phi) is 7.46. The van der Waals surface area contributed by atoms with E-state index in [1.165, 1.54) is 5.56 Å². The van der Waals surface area contributed by atoms with Crippen LogP contribution in [0.4, 0.5) is 0 Å². The summed E-state index contributed by atoms with van der Waals surface area (Å²) in [6.45, 7) is 4.41. The predicted molar refractivity (Wildman–Crippen MR) is 111 cm³/mol. The molecule has 0 atom stereocenters. The van der Waals surface area contributed by atoms with Crippen molar-refractivity contribution in [2.45, 2.75) is 19.4 Å². The number of nitrogens with one attached hydrogen (secondary N) is 1. The largest absolute Gasteiger partial charge is 0.355 e. The molecule has 0 aliphatic carbocycles. The number of halogens is 1. The molecule has 2 aromatic carbocycles. The average Bonchev–Trinajstić information content (AvgIpc) is 2.71. The van der Waals surface area contributed by atoms with Gasteiger partial charge in [-0.3, -0.25) is 14.5 Å².